The van der Waals surface area contributed by atoms with E-state index in [1.807, 2.05) is 14.0 Å². The van der Waals surface area contributed by atoms with Crippen LogP contribution in [0, 0.1) is 0 Å². The van der Waals surface area contributed by atoms with E-state index in [-0.39, 0.29) is 11.5 Å². The molecule has 0 bridgehead atoms. The van der Waals surface area contributed by atoms with E-state index in [4.69, 9.17) is 0 Å². The molecule has 1 aromatic rings. The Labute approximate surface area is 102 Å². The molecule has 0 atom stereocenters. The molecule has 0 spiro atoms. The van der Waals surface area contributed by atoms with Gasteiger partial charge in [-0.2, -0.15) is 5.10 Å². The van der Waals surface area contributed by atoms with Crippen LogP contribution < -0.4 is 5.32 Å². The van der Waals surface area contributed by atoms with Crippen LogP contribution in [0.25, 0.3) is 0 Å². The molecule has 0 aliphatic rings. The van der Waals surface area contributed by atoms with E-state index >= 15 is 0 Å². The minimum Gasteiger partial charge on any atom is -0.315 e. The van der Waals surface area contributed by atoms with Gasteiger partial charge in [-0.05, 0) is 6.42 Å². The van der Waals surface area contributed by atoms with E-state index in [2.05, 4.69) is 15.4 Å². The third-order valence-corrected chi connectivity index (χ3v) is 4.13. The van der Waals surface area contributed by atoms with Gasteiger partial charge in [-0.1, -0.05) is 6.92 Å². The van der Waals surface area contributed by atoms with E-state index < -0.39 is 9.84 Å². The number of nitrogens with one attached hydrogen (secondary N) is 1. The molecule has 1 heterocycles. The Bertz CT molecular complexity index is 427. The molecule has 6 nitrogen and oxygen atoms in total. The lowest BCUT2D eigenvalue weighted by Gasteiger charge is -2.04. The molecule has 0 unspecified atom stereocenters. The van der Waals surface area contributed by atoms with Crippen molar-refractivity contribution >= 4 is 9.84 Å². The van der Waals surface area contributed by atoms with Crippen LogP contribution in [0.1, 0.15) is 19.2 Å². The van der Waals surface area contributed by atoms with Gasteiger partial charge in [0.25, 0.3) is 0 Å². The number of aryl methyl sites for hydroxylation is 1. The second kappa shape index (κ2) is 6.70. The van der Waals surface area contributed by atoms with Crippen molar-refractivity contribution in [3.63, 3.8) is 0 Å². The Morgan fingerprint density at radius 1 is 1.35 bits per heavy atom. The number of aromatic nitrogens is 3. The minimum absolute atomic E-state index is 0.205. The van der Waals surface area contributed by atoms with Crippen LogP contribution in [0.3, 0.4) is 0 Å². The third-order valence-electron chi connectivity index (χ3n) is 2.28. The van der Waals surface area contributed by atoms with Gasteiger partial charge in [0.2, 0.25) is 0 Å². The lowest BCUT2D eigenvalue weighted by Crippen LogP contribution is -2.26. The first-order valence-corrected chi connectivity index (χ1v) is 7.61. The Balaban J connectivity index is 2.13. The molecular formula is C10H20N4O2S. The molecule has 0 fully saturated rings. The summed E-state index contributed by atoms with van der Waals surface area (Å²) in [6.45, 7) is 3.07. The standard InChI is InChI=1S/C10H20N4O2S/c1-3-7-17(15,16)8-6-11-5-4-10-12-9-14(2)13-10/h9,11H,3-8H2,1-2H3. The van der Waals surface area contributed by atoms with Gasteiger partial charge >= 0.3 is 0 Å². The second-order valence-electron chi connectivity index (χ2n) is 3.99. The molecule has 1 rings (SSSR count). The van der Waals surface area contributed by atoms with E-state index in [1.165, 1.54) is 0 Å². The molecule has 0 saturated heterocycles. The summed E-state index contributed by atoms with van der Waals surface area (Å²) in [5.41, 5.74) is 0. The summed E-state index contributed by atoms with van der Waals surface area (Å²) in [4.78, 5) is 4.09. The van der Waals surface area contributed by atoms with Crippen LogP contribution in [0.5, 0.6) is 0 Å². The van der Waals surface area contributed by atoms with Gasteiger partial charge in [-0.3, -0.25) is 4.68 Å². The van der Waals surface area contributed by atoms with Gasteiger partial charge in [-0.15, -0.1) is 0 Å². The average Bonchev–Trinajstić information content (AvgIpc) is 2.63. The molecule has 98 valence electrons. The lowest BCUT2D eigenvalue weighted by atomic mass is 10.4. The molecule has 0 aliphatic heterocycles. The fourth-order valence-electron chi connectivity index (χ4n) is 1.46. The summed E-state index contributed by atoms with van der Waals surface area (Å²) >= 11 is 0. The fraction of sp³-hybridized carbons (Fsp3) is 0.800. The van der Waals surface area contributed by atoms with Crippen molar-refractivity contribution in [1.29, 1.82) is 0 Å². The first-order valence-electron chi connectivity index (χ1n) is 5.79. The SMILES string of the molecule is CCCS(=O)(=O)CCNCCc1ncn(C)n1. The predicted octanol–water partition coefficient (Wildman–Crippen LogP) is -0.228. The van der Waals surface area contributed by atoms with Gasteiger partial charge in [0.05, 0.1) is 5.75 Å². The summed E-state index contributed by atoms with van der Waals surface area (Å²) < 4.78 is 24.5. The molecule has 1 N–H and O–H groups in total. The van der Waals surface area contributed by atoms with E-state index in [9.17, 15) is 8.42 Å². The molecular weight excluding hydrogens is 240 g/mol. The molecule has 0 radical (unpaired) electrons. The highest BCUT2D eigenvalue weighted by molar-refractivity contribution is 7.91. The zero-order valence-corrected chi connectivity index (χ0v) is 11.2. The summed E-state index contributed by atoms with van der Waals surface area (Å²) in [6, 6.07) is 0. The van der Waals surface area contributed by atoms with Crippen molar-refractivity contribution in [2.24, 2.45) is 7.05 Å². The van der Waals surface area contributed by atoms with Crippen molar-refractivity contribution in [1.82, 2.24) is 20.1 Å². The van der Waals surface area contributed by atoms with Crippen molar-refractivity contribution < 1.29 is 8.42 Å². The highest BCUT2D eigenvalue weighted by Gasteiger charge is 2.08. The highest BCUT2D eigenvalue weighted by atomic mass is 32.2. The van der Waals surface area contributed by atoms with E-state index in [1.54, 1.807) is 11.0 Å². The van der Waals surface area contributed by atoms with Crippen LogP contribution in [0.2, 0.25) is 0 Å². The first-order chi connectivity index (χ1) is 8.03. The number of hydrogen-bond donors (Lipinski definition) is 1. The molecule has 0 saturated carbocycles. The highest BCUT2D eigenvalue weighted by Crippen LogP contribution is 1.92. The van der Waals surface area contributed by atoms with E-state index in [0.29, 0.717) is 25.9 Å². The maximum absolute atomic E-state index is 11.4. The van der Waals surface area contributed by atoms with Crippen LogP contribution in [0.4, 0.5) is 0 Å². The van der Waals surface area contributed by atoms with Crippen molar-refractivity contribution in [2.45, 2.75) is 19.8 Å². The van der Waals surface area contributed by atoms with Crippen LogP contribution in [0.15, 0.2) is 6.33 Å². The Morgan fingerprint density at radius 3 is 2.71 bits per heavy atom. The first kappa shape index (κ1) is 14.1. The maximum atomic E-state index is 11.4. The molecule has 17 heavy (non-hydrogen) atoms. The summed E-state index contributed by atoms with van der Waals surface area (Å²) in [7, 11) is -1.05. The fourth-order valence-corrected chi connectivity index (χ4v) is 2.75. The lowest BCUT2D eigenvalue weighted by molar-refractivity contribution is 0.589. The average molecular weight is 260 g/mol. The number of hydrogen-bond acceptors (Lipinski definition) is 5. The van der Waals surface area contributed by atoms with E-state index in [0.717, 1.165) is 5.82 Å². The number of rotatable bonds is 8. The summed E-state index contributed by atoms with van der Waals surface area (Å²) in [5.74, 6) is 1.25. The molecule has 0 amide bonds. The predicted molar refractivity (Wildman–Crippen MR) is 66.5 cm³/mol. The third kappa shape index (κ3) is 5.78. The van der Waals surface area contributed by atoms with Gasteiger partial charge in [0, 0.05) is 32.3 Å². The summed E-state index contributed by atoms with van der Waals surface area (Å²) in [5, 5.41) is 7.22. The van der Waals surface area contributed by atoms with Gasteiger partial charge in [0.1, 0.15) is 6.33 Å². The normalized spacial score (nSPS) is 11.9. The molecule has 7 heteroatoms. The summed E-state index contributed by atoms with van der Waals surface area (Å²) in [6.07, 6.45) is 3.05. The molecule has 0 aromatic carbocycles. The minimum atomic E-state index is -2.87. The Morgan fingerprint density at radius 2 is 2.12 bits per heavy atom. The topological polar surface area (TPSA) is 76.9 Å². The second-order valence-corrected chi connectivity index (χ2v) is 6.29. The van der Waals surface area contributed by atoms with Crippen molar-refractivity contribution in [3.8, 4) is 0 Å². The molecule has 0 aliphatic carbocycles. The van der Waals surface area contributed by atoms with Crippen LogP contribution in [-0.4, -0.2) is 47.8 Å². The van der Waals surface area contributed by atoms with Gasteiger partial charge < -0.3 is 5.32 Å². The van der Waals surface area contributed by atoms with Gasteiger partial charge in [0.15, 0.2) is 15.7 Å². The van der Waals surface area contributed by atoms with Crippen LogP contribution in [-0.2, 0) is 23.3 Å². The largest absolute Gasteiger partial charge is 0.315 e. The van der Waals surface area contributed by atoms with Crippen LogP contribution >= 0.6 is 0 Å². The quantitative estimate of drug-likeness (QED) is 0.653. The van der Waals surface area contributed by atoms with Crippen molar-refractivity contribution in [2.75, 3.05) is 24.6 Å². The number of nitrogens with zero attached hydrogens (tertiary/aromatic N) is 3. The Hall–Kier alpha value is -0.950. The number of sulfone groups is 1. The zero-order chi connectivity index (χ0) is 12.7. The Kier molecular flexibility index (Phi) is 5.57. The van der Waals surface area contributed by atoms with Gasteiger partial charge in [-0.25, -0.2) is 13.4 Å². The van der Waals surface area contributed by atoms with Crippen molar-refractivity contribution in [3.05, 3.63) is 12.2 Å². The zero-order valence-electron chi connectivity index (χ0n) is 10.4. The molecule has 1 aromatic heterocycles. The maximum Gasteiger partial charge on any atom is 0.151 e. The smallest absolute Gasteiger partial charge is 0.151 e. The monoisotopic (exact) mass is 260 g/mol.